The highest BCUT2D eigenvalue weighted by Crippen LogP contribution is 2.40. The largest absolute Gasteiger partial charge is 0.438 e. The Balaban J connectivity index is 1.20. The van der Waals surface area contributed by atoms with Gasteiger partial charge in [-0.1, -0.05) is 109 Å². The van der Waals surface area contributed by atoms with Crippen molar-refractivity contribution in [3.63, 3.8) is 0 Å². The van der Waals surface area contributed by atoms with E-state index in [4.69, 9.17) is 9.47 Å². The fourth-order valence-electron chi connectivity index (χ4n) is 5.83. The standard InChI is InChI=1S/C42H28N2O2/c1-3-11-29(12-4-1)31-19-21-43-41(27-31)45-39-25-35(23-33-15-7-9-17-37(33)39)36-24-34-16-8-10-18-38(34)40(26-36)46-42-28-32(20-22-44-42)30-13-5-2-6-14-30/h1-28H. The van der Waals surface area contributed by atoms with Gasteiger partial charge in [-0.15, -0.1) is 0 Å². The second-order valence-electron chi connectivity index (χ2n) is 11.1. The summed E-state index contributed by atoms with van der Waals surface area (Å²) in [5.74, 6) is 2.54. The van der Waals surface area contributed by atoms with Crippen LogP contribution in [0.3, 0.4) is 0 Å². The van der Waals surface area contributed by atoms with Crippen LogP contribution in [0.15, 0.2) is 170 Å². The van der Waals surface area contributed by atoms with Gasteiger partial charge in [-0.2, -0.15) is 0 Å². The first-order valence-electron chi connectivity index (χ1n) is 15.2. The van der Waals surface area contributed by atoms with Gasteiger partial charge in [-0.05, 0) is 80.6 Å². The lowest BCUT2D eigenvalue weighted by Gasteiger charge is -2.15. The molecule has 8 aromatic rings. The monoisotopic (exact) mass is 592 g/mol. The molecular formula is C42H28N2O2. The Bertz CT molecular complexity index is 2150. The van der Waals surface area contributed by atoms with E-state index >= 15 is 0 Å². The minimum absolute atomic E-state index is 0.538. The molecule has 0 aliphatic carbocycles. The predicted molar refractivity (Wildman–Crippen MR) is 186 cm³/mol. The maximum absolute atomic E-state index is 6.53. The van der Waals surface area contributed by atoms with Crippen molar-refractivity contribution in [3.8, 4) is 56.6 Å². The average Bonchev–Trinajstić information content (AvgIpc) is 3.12. The van der Waals surface area contributed by atoms with E-state index < -0.39 is 0 Å². The highest BCUT2D eigenvalue weighted by molar-refractivity contribution is 5.97. The van der Waals surface area contributed by atoms with E-state index in [9.17, 15) is 0 Å². The number of pyridine rings is 2. The quantitative estimate of drug-likeness (QED) is 0.185. The second kappa shape index (κ2) is 12.0. The molecule has 2 heterocycles. The van der Waals surface area contributed by atoms with Gasteiger partial charge in [0.15, 0.2) is 0 Å². The molecule has 4 heteroatoms. The molecule has 0 saturated carbocycles. The Morgan fingerprint density at radius 1 is 0.326 bits per heavy atom. The first-order valence-corrected chi connectivity index (χ1v) is 15.2. The first kappa shape index (κ1) is 27.3. The molecule has 0 N–H and O–H groups in total. The number of aromatic nitrogens is 2. The third-order valence-electron chi connectivity index (χ3n) is 8.09. The molecule has 4 nitrogen and oxygen atoms in total. The van der Waals surface area contributed by atoms with Gasteiger partial charge in [0.25, 0.3) is 0 Å². The molecule has 0 unspecified atom stereocenters. The van der Waals surface area contributed by atoms with E-state index in [0.29, 0.717) is 11.8 Å². The van der Waals surface area contributed by atoms with Crippen LogP contribution in [0.25, 0.3) is 54.9 Å². The van der Waals surface area contributed by atoms with Crippen LogP contribution in [0.2, 0.25) is 0 Å². The zero-order chi connectivity index (χ0) is 30.7. The Kier molecular flexibility index (Phi) is 7.14. The van der Waals surface area contributed by atoms with Crippen LogP contribution in [-0.2, 0) is 0 Å². The van der Waals surface area contributed by atoms with E-state index in [0.717, 1.165) is 66.4 Å². The average molecular weight is 593 g/mol. The van der Waals surface area contributed by atoms with Gasteiger partial charge in [-0.3, -0.25) is 0 Å². The third-order valence-corrected chi connectivity index (χ3v) is 8.09. The Hall–Kier alpha value is -6.26. The lowest BCUT2D eigenvalue weighted by molar-refractivity contribution is 0.468. The van der Waals surface area contributed by atoms with E-state index in [1.54, 1.807) is 12.4 Å². The van der Waals surface area contributed by atoms with E-state index in [-0.39, 0.29) is 0 Å². The van der Waals surface area contributed by atoms with Crippen molar-refractivity contribution < 1.29 is 9.47 Å². The lowest BCUT2D eigenvalue weighted by atomic mass is 9.97. The van der Waals surface area contributed by atoms with Crippen LogP contribution in [0.4, 0.5) is 0 Å². The summed E-state index contributed by atoms with van der Waals surface area (Å²) in [6.07, 6.45) is 3.58. The van der Waals surface area contributed by atoms with Crippen molar-refractivity contribution in [1.82, 2.24) is 9.97 Å². The number of fused-ring (bicyclic) bond motifs is 2. The van der Waals surface area contributed by atoms with Crippen LogP contribution in [-0.4, -0.2) is 9.97 Å². The minimum Gasteiger partial charge on any atom is -0.438 e. The minimum atomic E-state index is 0.538. The third kappa shape index (κ3) is 5.56. The number of ether oxygens (including phenoxy) is 2. The second-order valence-corrected chi connectivity index (χ2v) is 11.1. The number of hydrogen-bond acceptors (Lipinski definition) is 4. The van der Waals surface area contributed by atoms with Crippen molar-refractivity contribution in [2.24, 2.45) is 0 Å². The van der Waals surface area contributed by atoms with Crippen LogP contribution in [0, 0.1) is 0 Å². The normalized spacial score (nSPS) is 11.0. The molecule has 0 spiro atoms. The first-order chi connectivity index (χ1) is 22.8. The molecule has 46 heavy (non-hydrogen) atoms. The summed E-state index contributed by atoms with van der Waals surface area (Å²) in [5, 5.41) is 4.17. The van der Waals surface area contributed by atoms with Crippen molar-refractivity contribution in [3.05, 3.63) is 170 Å². The molecule has 0 fully saturated rings. The number of hydrogen-bond donors (Lipinski definition) is 0. The number of benzene rings is 6. The van der Waals surface area contributed by atoms with Crippen LogP contribution in [0.5, 0.6) is 23.3 Å². The van der Waals surface area contributed by atoms with E-state index in [1.165, 1.54) is 0 Å². The summed E-state index contributed by atoms with van der Waals surface area (Å²) in [4.78, 5) is 9.10. The summed E-state index contributed by atoms with van der Waals surface area (Å²) in [6.45, 7) is 0. The number of rotatable bonds is 7. The molecule has 0 saturated heterocycles. The summed E-state index contributed by atoms with van der Waals surface area (Å²) in [7, 11) is 0. The molecule has 6 aromatic carbocycles. The molecule has 0 bridgehead atoms. The highest BCUT2D eigenvalue weighted by atomic mass is 16.5. The van der Waals surface area contributed by atoms with Gasteiger partial charge in [0, 0.05) is 35.3 Å². The smallest absolute Gasteiger partial charge is 0.219 e. The number of nitrogens with zero attached hydrogens (tertiary/aromatic N) is 2. The Morgan fingerprint density at radius 3 is 1.20 bits per heavy atom. The van der Waals surface area contributed by atoms with Crippen LogP contribution in [0.1, 0.15) is 0 Å². The van der Waals surface area contributed by atoms with Gasteiger partial charge >= 0.3 is 0 Å². The molecule has 0 atom stereocenters. The lowest BCUT2D eigenvalue weighted by Crippen LogP contribution is -1.93. The molecule has 2 aromatic heterocycles. The SMILES string of the molecule is c1ccc(-c2ccnc(Oc3cc(-c4cc(Oc5cc(-c6ccccc6)ccn5)c5ccccc5c4)cc4ccccc34)c2)cc1. The van der Waals surface area contributed by atoms with E-state index in [2.05, 4.69) is 82.8 Å². The molecule has 0 radical (unpaired) electrons. The molecule has 0 amide bonds. The summed E-state index contributed by atoms with van der Waals surface area (Å²) >= 11 is 0. The fourth-order valence-corrected chi connectivity index (χ4v) is 5.83. The highest BCUT2D eigenvalue weighted by Gasteiger charge is 2.14. The van der Waals surface area contributed by atoms with Crippen molar-refractivity contribution in [2.45, 2.75) is 0 Å². The molecule has 218 valence electrons. The molecule has 8 rings (SSSR count). The zero-order valence-electron chi connectivity index (χ0n) is 24.9. The van der Waals surface area contributed by atoms with Gasteiger partial charge in [0.1, 0.15) is 11.5 Å². The van der Waals surface area contributed by atoms with E-state index in [1.807, 2.05) is 84.9 Å². The van der Waals surface area contributed by atoms with Crippen molar-refractivity contribution in [2.75, 3.05) is 0 Å². The van der Waals surface area contributed by atoms with Crippen LogP contribution >= 0.6 is 0 Å². The fraction of sp³-hybridized carbons (Fsp3) is 0. The molecular weight excluding hydrogens is 564 g/mol. The van der Waals surface area contributed by atoms with Crippen molar-refractivity contribution >= 4 is 21.5 Å². The summed E-state index contributed by atoms with van der Waals surface area (Å²) < 4.78 is 13.1. The summed E-state index contributed by atoms with van der Waals surface area (Å²) in [5.41, 5.74) is 6.34. The van der Waals surface area contributed by atoms with Gasteiger partial charge < -0.3 is 9.47 Å². The maximum atomic E-state index is 6.53. The molecule has 0 aliphatic rings. The van der Waals surface area contributed by atoms with Gasteiger partial charge in [-0.25, -0.2) is 9.97 Å². The molecule has 0 aliphatic heterocycles. The Morgan fingerprint density at radius 2 is 0.739 bits per heavy atom. The van der Waals surface area contributed by atoms with Crippen molar-refractivity contribution in [1.29, 1.82) is 0 Å². The van der Waals surface area contributed by atoms with Gasteiger partial charge in [0.05, 0.1) is 0 Å². The Labute approximate surface area is 267 Å². The topological polar surface area (TPSA) is 44.2 Å². The van der Waals surface area contributed by atoms with Gasteiger partial charge in [0.2, 0.25) is 11.8 Å². The zero-order valence-corrected chi connectivity index (χ0v) is 24.9. The summed E-state index contributed by atoms with van der Waals surface area (Å²) in [6, 6.07) is 53.5. The van der Waals surface area contributed by atoms with Crippen LogP contribution < -0.4 is 9.47 Å². The maximum Gasteiger partial charge on any atom is 0.219 e. The predicted octanol–water partition coefficient (Wildman–Crippen LogP) is 11.4.